The van der Waals surface area contributed by atoms with Crippen LogP contribution in [-0.2, 0) is 0 Å². The van der Waals surface area contributed by atoms with Gasteiger partial charge in [0.05, 0.1) is 5.04 Å². The summed E-state index contributed by atoms with van der Waals surface area (Å²) in [6, 6.07) is 0. The van der Waals surface area contributed by atoms with Crippen LogP contribution in [0.5, 0.6) is 0 Å². The number of nitrogens with zero attached hydrogens (tertiary/aromatic N) is 1. The lowest BCUT2D eigenvalue weighted by atomic mass is 10.0. The molecule has 0 spiro atoms. The lowest BCUT2D eigenvalue weighted by Crippen LogP contribution is -1.93. The highest BCUT2D eigenvalue weighted by Gasteiger charge is 1.97. The number of aliphatic imine (C=N–C) groups is 1. The fourth-order valence-electron chi connectivity index (χ4n) is 1.01. The maximum Gasteiger partial charge on any atom is 0.0895 e. The van der Waals surface area contributed by atoms with Gasteiger partial charge in [0.25, 0.3) is 0 Å². The Morgan fingerprint density at radius 2 is 2.00 bits per heavy atom. The average molecular weight is 185 g/mol. The summed E-state index contributed by atoms with van der Waals surface area (Å²) < 4.78 is 0. The van der Waals surface area contributed by atoms with Crippen LogP contribution in [-0.4, -0.2) is 18.3 Å². The molecule has 0 aliphatic rings. The standard InChI is InChI=1S/C10H19NS/c1-5-9(6-2)7-8-10(11-3)12-4/h7-9H,5-6H2,1-4H3. The molecule has 0 amide bonds. The second-order valence-corrected chi connectivity index (χ2v) is 3.53. The summed E-state index contributed by atoms with van der Waals surface area (Å²) in [5.41, 5.74) is 0. The lowest BCUT2D eigenvalue weighted by molar-refractivity contribution is 0.607. The second kappa shape index (κ2) is 7.41. The third kappa shape index (κ3) is 4.60. The fraction of sp³-hybridized carbons (Fsp3) is 0.700. The fourth-order valence-corrected chi connectivity index (χ4v) is 1.41. The molecule has 0 aliphatic carbocycles. The van der Waals surface area contributed by atoms with E-state index in [0.29, 0.717) is 5.92 Å². The number of hydrogen-bond donors (Lipinski definition) is 0. The minimum absolute atomic E-state index is 0.717. The van der Waals surface area contributed by atoms with Crippen molar-refractivity contribution in [1.82, 2.24) is 0 Å². The number of thioether (sulfide) groups is 1. The molecule has 0 heterocycles. The average Bonchev–Trinajstić information content (AvgIpc) is 2.13. The molecule has 12 heavy (non-hydrogen) atoms. The van der Waals surface area contributed by atoms with Gasteiger partial charge in [-0.1, -0.05) is 19.9 Å². The van der Waals surface area contributed by atoms with Crippen molar-refractivity contribution in [3.8, 4) is 0 Å². The molecule has 0 saturated heterocycles. The highest BCUT2D eigenvalue weighted by Crippen LogP contribution is 2.10. The first-order chi connectivity index (χ1) is 5.78. The molecule has 0 atom stereocenters. The van der Waals surface area contributed by atoms with Gasteiger partial charge in [-0.15, -0.1) is 11.8 Å². The van der Waals surface area contributed by atoms with Gasteiger partial charge in [-0.05, 0) is 31.1 Å². The third-order valence-electron chi connectivity index (χ3n) is 1.99. The van der Waals surface area contributed by atoms with Crippen molar-refractivity contribution in [2.45, 2.75) is 26.7 Å². The largest absolute Gasteiger partial charge is 0.282 e. The molecule has 1 nitrogen and oxygen atoms in total. The molecule has 0 rings (SSSR count). The van der Waals surface area contributed by atoms with E-state index < -0.39 is 0 Å². The van der Waals surface area contributed by atoms with Crippen molar-refractivity contribution < 1.29 is 0 Å². The second-order valence-electron chi connectivity index (χ2n) is 2.70. The Morgan fingerprint density at radius 3 is 2.33 bits per heavy atom. The molecule has 0 radical (unpaired) electrons. The molecule has 0 unspecified atom stereocenters. The van der Waals surface area contributed by atoms with Crippen LogP contribution in [0.25, 0.3) is 0 Å². The molecule has 0 saturated carbocycles. The summed E-state index contributed by atoms with van der Waals surface area (Å²) in [7, 11) is 1.84. The van der Waals surface area contributed by atoms with Crippen LogP contribution in [0.15, 0.2) is 17.1 Å². The Morgan fingerprint density at radius 1 is 1.42 bits per heavy atom. The first-order valence-electron chi connectivity index (χ1n) is 4.47. The van der Waals surface area contributed by atoms with Crippen molar-refractivity contribution >= 4 is 16.8 Å². The lowest BCUT2D eigenvalue weighted by Gasteiger charge is -2.04. The van der Waals surface area contributed by atoms with Crippen LogP contribution in [0.1, 0.15) is 26.7 Å². The van der Waals surface area contributed by atoms with E-state index in [1.165, 1.54) is 12.8 Å². The van der Waals surface area contributed by atoms with E-state index in [1.54, 1.807) is 11.8 Å². The SMILES string of the molecule is CCC(C=CC(=NC)SC)CC. The number of allylic oxidation sites excluding steroid dienone is 1. The summed E-state index contributed by atoms with van der Waals surface area (Å²) in [5, 5.41) is 1.11. The zero-order valence-electron chi connectivity index (χ0n) is 8.50. The normalized spacial score (nSPS) is 13.2. The van der Waals surface area contributed by atoms with Crippen LogP contribution < -0.4 is 0 Å². The zero-order chi connectivity index (χ0) is 9.40. The predicted octanol–water partition coefficient (Wildman–Crippen LogP) is 3.37. The minimum Gasteiger partial charge on any atom is -0.282 e. The molecule has 0 aromatic heterocycles. The smallest absolute Gasteiger partial charge is 0.0895 e. The molecular formula is C10H19NS. The Labute approximate surface area is 80.4 Å². The van der Waals surface area contributed by atoms with E-state index >= 15 is 0 Å². The highest BCUT2D eigenvalue weighted by molar-refractivity contribution is 8.13. The molecule has 0 bridgehead atoms. The first-order valence-corrected chi connectivity index (χ1v) is 5.69. The Balaban J connectivity index is 4.01. The van der Waals surface area contributed by atoms with E-state index in [-0.39, 0.29) is 0 Å². The zero-order valence-corrected chi connectivity index (χ0v) is 9.32. The van der Waals surface area contributed by atoms with Gasteiger partial charge in [0, 0.05) is 7.05 Å². The van der Waals surface area contributed by atoms with Crippen molar-refractivity contribution in [2.75, 3.05) is 13.3 Å². The van der Waals surface area contributed by atoms with Crippen molar-refractivity contribution in [3.05, 3.63) is 12.2 Å². The quantitative estimate of drug-likeness (QED) is 0.483. The van der Waals surface area contributed by atoms with Gasteiger partial charge < -0.3 is 0 Å². The van der Waals surface area contributed by atoms with Gasteiger partial charge in [0.15, 0.2) is 0 Å². The van der Waals surface area contributed by atoms with Gasteiger partial charge in [-0.25, -0.2) is 0 Å². The monoisotopic (exact) mass is 185 g/mol. The molecule has 2 heteroatoms. The van der Waals surface area contributed by atoms with Gasteiger partial charge >= 0.3 is 0 Å². The van der Waals surface area contributed by atoms with E-state index in [1.807, 2.05) is 7.05 Å². The maximum atomic E-state index is 4.14. The van der Waals surface area contributed by atoms with Gasteiger partial charge in [0.1, 0.15) is 0 Å². The molecule has 0 aromatic rings. The molecule has 0 aromatic carbocycles. The molecule has 0 aliphatic heterocycles. The summed E-state index contributed by atoms with van der Waals surface area (Å²) in [6.45, 7) is 4.45. The summed E-state index contributed by atoms with van der Waals surface area (Å²) in [6.07, 6.45) is 8.89. The topological polar surface area (TPSA) is 12.4 Å². The van der Waals surface area contributed by atoms with Gasteiger partial charge in [0.2, 0.25) is 0 Å². The van der Waals surface area contributed by atoms with E-state index in [4.69, 9.17) is 0 Å². The van der Waals surface area contributed by atoms with Crippen molar-refractivity contribution in [3.63, 3.8) is 0 Å². The number of rotatable bonds is 4. The molecule has 70 valence electrons. The Hall–Kier alpha value is -0.240. The van der Waals surface area contributed by atoms with Gasteiger partial charge in [-0.2, -0.15) is 0 Å². The third-order valence-corrected chi connectivity index (χ3v) is 2.73. The molecular weight excluding hydrogens is 166 g/mol. The number of hydrogen-bond acceptors (Lipinski definition) is 2. The van der Waals surface area contributed by atoms with Crippen LogP contribution in [0.2, 0.25) is 0 Å². The van der Waals surface area contributed by atoms with Gasteiger partial charge in [-0.3, -0.25) is 4.99 Å². The first kappa shape index (κ1) is 11.8. The summed E-state index contributed by atoms with van der Waals surface area (Å²) in [5.74, 6) is 0.717. The Bertz CT molecular complexity index is 157. The van der Waals surface area contributed by atoms with E-state index in [2.05, 4.69) is 37.2 Å². The maximum absolute atomic E-state index is 4.14. The molecule has 0 fully saturated rings. The van der Waals surface area contributed by atoms with Crippen LogP contribution >= 0.6 is 11.8 Å². The predicted molar refractivity (Wildman–Crippen MR) is 60.1 cm³/mol. The summed E-state index contributed by atoms with van der Waals surface area (Å²) >= 11 is 1.70. The Kier molecular flexibility index (Phi) is 7.26. The highest BCUT2D eigenvalue weighted by atomic mass is 32.2. The summed E-state index contributed by atoms with van der Waals surface area (Å²) in [4.78, 5) is 4.14. The van der Waals surface area contributed by atoms with Crippen molar-refractivity contribution in [1.29, 1.82) is 0 Å². The van der Waals surface area contributed by atoms with Crippen molar-refractivity contribution in [2.24, 2.45) is 10.9 Å². The molecule has 0 N–H and O–H groups in total. The van der Waals surface area contributed by atoms with Crippen LogP contribution in [0.4, 0.5) is 0 Å². The van der Waals surface area contributed by atoms with Crippen LogP contribution in [0.3, 0.4) is 0 Å². The van der Waals surface area contributed by atoms with Crippen LogP contribution in [0, 0.1) is 5.92 Å². The minimum atomic E-state index is 0.717. The van der Waals surface area contributed by atoms with E-state index in [9.17, 15) is 0 Å². The van der Waals surface area contributed by atoms with E-state index in [0.717, 1.165) is 5.04 Å².